The zero-order valence-electron chi connectivity index (χ0n) is 22.4. The van der Waals surface area contributed by atoms with Gasteiger partial charge < -0.3 is 10.1 Å². The summed E-state index contributed by atoms with van der Waals surface area (Å²) >= 11 is 6.01. The van der Waals surface area contributed by atoms with Crippen molar-refractivity contribution in [2.45, 2.75) is 33.3 Å². The van der Waals surface area contributed by atoms with Crippen LogP contribution in [-0.4, -0.2) is 27.9 Å². The number of carbonyl (C=O) groups is 2. The number of aryl methyl sites for hydroxylation is 2. The molecule has 1 amide bonds. The van der Waals surface area contributed by atoms with Crippen molar-refractivity contribution in [1.82, 2.24) is 9.97 Å². The van der Waals surface area contributed by atoms with Gasteiger partial charge >= 0.3 is 5.97 Å². The van der Waals surface area contributed by atoms with Gasteiger partial charge in [0.2, 0.25) is 0 Å². The van der Waals surface area contributed by atoms with E-state index in [2.05, 4.69) is 5.32 Å². The Bertz CT molecular complexity index is 1700. The first-order valence-corrected chi connectivity index (χ1v) is 13.4. The van der Waals surface area contributed by atoms with Gasteiger partial charge in [0.25, 0.3) is 5.91 Å². The molecule has 0 aliphatic heterocycles. The number of amides is 1. The first-order chi connectivity index (χ1) is 19.3. The van der Waals surface area contributed by atoms with Crippen LogP contribution in [-0.2, 0) is 9.53 Å². The number of rotatable bonds is 7. The molecule has 0 saturated heterocycles. The average molecular weight is 550 g/mol. The molecule has 0 aliphatic carbocycles. The predicted octanol–water partition coefficient (Wildman–Crippen LogP) is 7.81. The molecule has 1 unspecified atom stereocenters. The highest BCUT2D eigenvalue weighted by Crippen LogP contribution is 2.32. The van der Waals surface area contributed by atoms with Crippen molar-refractivity contribution in [3.63, 3.8) is 0 Å². The van der Waals surface area contributed by atoms with Gasteiger partial charge in [-0.15, -0.1) is 0 Å². The van der Waals surface area contributed by atoms with Crippen LogP contribution < -0.4 is 5.32 Å². The molecule has 200 valence electrons. The van der Waals surface area contributed by atoms with Crippen LogP contribution in [0.4, 0.5) is 5.69 Å². The third-order valence-corrected chi connectivity index (χ3v) is 6.79. The summed E-state index contributed by atoms with van der Waals surface area (Å²) in [5, 5.41) is 3.25. The van der Waals surface area contributed by atoms with Crippen molar-refractivity contribution in [3.05, 3.63) is 113 Å². The number of anilines is 1. The van der Waals surface area contributed by atoms with Gasteiger partial charge in [-0.2, -0.15) is 0 Å². The molecule has 5 rings (SSSR count). The predicted molar refractivity (Wildman–Crippen MR) is 159 cm³/mol. The second-order valence-electron chi connectivity index (χ2n) is 9.66. The first kappa shape index (κ1) is 27.0. The molecule has 7 heteroatoms. The molecule has 1 heterocycles. The van der Waals surface area contributed by atoms with Crippen molar-refractivity contribution in [2.75, 3.05) is 5.32 Å². The number of nitrogens with one attached hydrogen (secondary N) is 1. The van der Waals surface area contributed by atoms with E-state index in [0.717, 1.165) is 27.9 Å². The minimum atomic E-state index is -0.972. The number of hydrogen-bond donors (Lipinski definition) is 1. The number of fused-ring (bicyclic) bond motifs is 1. The lowest BCUT2D eigenvalue weighted by Gasteiger charge is -2.16. The topological polar surface area (TPSA) is 81.2 Å². The Hall–Kier alpha value is -4.55. The summed E-state index contributed by atoms with van der Waals surface area (Å²) in [7, 11) is 0. The fraction of sp³-hybridized carbons (Fsp3) is 0.152. The third-order valence-electron chi connectivity index (χ3n) is 6.55. The Morgan fingerprint density at radius 3 is 1.98 bits per heavy atom. The van der Waals surface area contributed by atoms with E-state index in [4.69, 9.17) is 26.3 Å². The van der Waals surface area contributed by atoms with Gasteiger partial charge in [-0.3, -0.25) is 4.79 Å². The zero-order chi connectivity index (χ0) is 28.2. The first-order valence-electron chi connectivity index (χ1n) is 13.0. The highest BCUT2D eigenvalue weighted by molar-refractivity contribution is 6.30. The molecule has 0 spiro atoms. The van der Waals surface area contributed by atoms with Crippen LogP contribution in [0.25, 0.3) is 33.5 Å². The molecule has 1 N–H and O–H groups in total. The molecule has 0 saturated carbocycles. The summed E-state index contributed by atoms with van der Waals surface area (Å²) in [6.45, 7) is 5.86. The normalized spacial score (nSPS) is 11.7. The highest BCUT2D eigenvalue weighted by Gasteiger charge is 2.23. The number of esters is 1. The maximum Gasteiger partial charge on any atom is 0.338 e. The van der Waals surface area contributed by atoms with Crippen LogP contribution >= 0.6 is 11.6 Å². The van der Waals surface area contributed by atoms with Crippen molar-refractivity contribution in [1.29, 1.82) is 0 Å². The summed E-state index contributed by atoms with van der Waals surface area (Å²) in [4.78, 5) is 35.8. The molecule has 0 bridgehead atoms. The maximum absolute atomic E-state index is 13.1. The van der Waals surface area contributed by atoms with E-state index in [-0.39, 0.29) is 5.56 Å². The average Bonchev–Trinajstić information content (AvgIpc) is 2.95. The van der Waals surface area contributed by atoms with E-state index in [1.54, 1.807) is 49.4 Å². The molecule has 5 aromatic rings. The monoisotopic (exact) mass is 549 g/mol. The number of ether oxygens (including phenoxy) is 1. The molecule has 1 atom stereocenters. The molecular weight excluding hydrogens is 522 g/mol. The molecule has 0 fully saturated rings. The van der Waals surface area contributed by atoms with E-state index in [1.165, 1.54) is 0 Å². The van der Waals surface area contributed by atoms with Crippen LogP contribution in [0.15, 0.2) is 91.0 Å². The minimum absolute atomic E-state index is 0.286. The Labute approximate surface area is 238 Å². The summed E-state index contributed by atoms with van der Waals surface area (Å²) in [6.07, 6.45) is -0.663. The third kappa shape index (κ3) is 6.03. The number of hydrogen-bond acceptors (Lipinski definition) is 5. The standard InChI is InChI=1S/C33H28ClN3O3/c1-4-29(32(38)35-26-7-5-6-25(34)19-26)40-33(39)24-16-17-27-28(18-24)37-31(23-14-10-21(3)11-15-23)30(36-27)22-12-8-20(2)9-13-22/h5-19,29H,4H2,1-3H3,(H,35,38). The molecule has 0 aliphatic rings. The summed E-state index contributed by atoms with van der Waals surface area (Å²) in [5.41, 5.74) is 7.67. The number of halogens is 1. The van der Waals surface area contributed by atoms with Crippen molar-refractivity contribution >= 4 is 40.2 Å². The van der Waals surface area contributed by atoms with Crippen molar-refractivity contribution in [2.24, 2.45) is 0 Å². The Balaban J connectivity index is 1.46. The van der Waals surface area contributed by atoms with E-state index < -0.39 is 18.0 Å². The van der Waals surface area contributed by atoms with Gasteiger partial charge in [0.1, 0.15) is 0 Å². The van der Waals surface area contributed by atoms with Gasteiger partial charge in [0.15, 0.2) is 6.10 Å². The van der Waals surface area contributed by atoms with Crippen LogP contribution in [0.3, 0.4) is 0 Å². The van der Waals surface area contributed by atoms with Gasteiger partial charge in [-0.05, 0) is 56.7 Å². The molecule has 1 aromatic heterocycles. The number of benzene rings is 4. The van der Waals surface area contributed by atoms with Crippen LogP contribution in [0, 0.1) is 13.8 Å². The van der Waals surface area contributed by atoms with Crippen molar-refractivity contribution < 1.29 is 14.3 Å². The molecular formula is C33H28ClN3O3. The number of carbonyl (C=O) groups excluding carboxylic acids is 2. The fourth-order valence-corrected chi connectivity index (χ4v) is 4.51. The second kappa shape index (κ2) is 11.7. The lowest BCUT2D eigenvalue weighted by molar-refractivity contribution is -0.124. The quantitative estimate of drug-likeness (QED) is 0.209. The lowest BCUT2D eigenvalue weighted by Crippen LogP contribution is -2.32. The lowest BCUT2D eigenvalue weighted by atomic mass is 10.0. The number of nitrogens with zero attached hydrogens (tertiary/aromatic N) is 2. The Morgan fingerprint density at radius 1 is 0.800 bits per heavy atom. The van der Waals surface area contributed by atoms with E-state index in [1.807, 2.05) is 62.4 Å². The van der Waals surface area contributed by atoms with E-state index in [0.29, 0.717) is 33.9 Å². The number of aromatic nitrogens is 2. The SMILES string of the molecule is CCC(OC(=O)c1ccc2nc(-c3ccc(C)cc3)c(-c3ccc(C)cc3)nc2c1)C(=O)Nc1cccc(Cl)c1. The molecule has 6 nitrogen and oxygen atoms in total. The van der Waals surface area contributed by atoms with Crippen molar-refractivity contribution in [3.8, 4) is 22.5 Å². The van der Waals surface area contributed by atoms with Crippen LogP contribution in [0.1, 0.15) is 34.8 Å². The van der Waals surface area contributed by atoms with Crippen LogP contribution in [0.2, 0.25) is 5.02 Å². The fourth-order valence-electron chi connectivity index (χ4n) is 4.32. The Morgan fingerprint density at radius 2 is 1.40 bits per heavy atom. The second-order valence-corrected chi connectivity index (χ2v) is 10.1. The van der Waals surface area contributed by atoms with E-state index in [9.17, 15) is 9.59 Å². The zero-order valence-corrected chi connectivity index (χ0v) is 23.2. The summed E-state index contributed by atoms with van der Waals surface area (Å²) in [5.74, 6) is -1.04. The smallest absolute Gasteiger partial charge is 0.338 e. The van der Waals surface area contributed by atoms with Gasteiger partial charge in [0.05, 0.1) is 28.0 Å². The molecule has 40 heavy (non-hydrogen) atoms. The highest BCUT2D eigenvalue weighted by atomic mass is 35.5. The maximum atomic E-state index is 13.1. The van der Waals surface area contributed by atoms with Crippen LogP contribution in [0.5, 0.6) is 0 Å². The Kier molecular flexibility index (Phi) is 7.89. The summed E-state index contributed by atoms with van der Waals surface area (Å²) in [6, 6.07) is 28.1. The summed E-state index contributed by atoms with van der Waals surface area (Å²) < 4.78 is 5.60. The van der Waals surface area contributed by atoms with Gasteiger partial charge in [0, 0.05) is 21.8 Å². The van der Waals surface area contributed by atoms with Gasteiger partial charge in [-0.25, -0.2) is 14.8 Å². The molecule has 0 radical (unpaired) electrons. The van der Waals surface area contributed by atoms with E-state index >= 15 is 0 Å². The largest absolute Gasteiger partial charge is 0.449 e. The van der Waals surface area contributed by atoms with Gasteiger partial charge in [-0.1, -0.05) is 84.2 Å². The minimum Gasteiger partial charge on any atom is -0.449 e. The molecule has 4 aromatic carbocycles.